The van der Waals surface area contributed by atoms with Crippen LogP contribution in [0.2, 0.25) is 5.02 Å². The highest BCUT2D eigenvalue weighted by molar-refractivity contribution is 6.30. The molecule has 0 saturated carbocycles. The summed E-state index contributed by atoms with van der Waals surface area (Å²) < 4.78 is 10.5. The number of carbonyl (C=O) groups excluding carboxylic acids is 3. The van der Waals surface area contributed by atoms with E-state index in [2.05, 4.69) is 0 Å². The Balaban J connectivity index is 1.55. The number of para-hydroxylation sites is 1. The van der Waals surface area contributed by atoms with Gasteiger partial charge in [0.1, 0.15) is 5.75 Å². The highest BCUT2D eigenvalue weighted by atomic mass is 35.5. The lowest BCUT2D eigenvalue weighted by molar-refractivity contribution is -0.145. The predicted molar refractivity (Wildman–Crippen MR) is 152 cm³/mol. The van der Waals surface area contributed by atoms with Crippen molar-refractivity contribution in [1.29, 1.82) is 0 Å². The third kappa shape index (κ3) is 6.25. The van der Waals surface area contributed by atoms with E-state index in [9.17, 15) is 14.4 Å². The van der Waals surface area contributed by atoms with Crippen LogP contribution in [-0.4, -0.2) is 37.5 Å². The number of ether oxygens (including phenoxy) is 2. The van der Waals surface area contributed by atoms with Crippen molar-refractivity contribution in [3.63, 3.8) is 0 Å². The second kappa shape index (κ2) is 12.3. The maximum Gasteiger partial charge on any atom is 0.308 e. The molecular weight excluding hydrogens is 516 g/mol. The third-order valence-corrected chi connectivity index (χ3v) is 7.31. The van der Waals surface area contributed by atoms with Gasteiger partial charge in [0, 0.05) is 34.9 Å². The number of rotatable bonds is 8. The molecular formula is C31H33ClN2O5. The first kappa shape index (κ1) is 28.2. The SMILES string of the molecule is COC(=O)[C@@H](C)CCOc1ccc(C(=O)N2c3ccccc3C(N(C(C)=O)c3ccc(Cl)cc3)CC2C)cc1. The molecule has 3 aromatic rings. The first-order valence-electron chi connectivity index (χ1n) is 13.0. The first-order valence-corrected chi connectivity index (χ1v) is 13.4. The minimum atomic E-state index is -0.266. The largest absolute Gasteiger partial charge is 0.494 e. The zero-order valence-corrected chi connectivity index (χ0v) is 23.4. The Labute approximate surface area is 234 Å². The Bertz CT molecular complexity index is 1330. The van der Waals surface area contributed by atoms with Crippen LogP contribution in [0.25, 0.3) is 0 Å². The van der Waals surface area contributed by atoms with Crippen LogP contribution in [0.1, 0.15) is 55.6 Å². The molecule has 39 heavy (non-hydrogen) atoms. The van der Waals surface area contributed by atoms with E-state index in [0.29, 0.717) is 35.8 Å². The summed E-state index contributed by atoms with van der Waals surface area (Å²) in [5.74, 6) is -0.104. The average Bonchev–Trinajstić information content (AvgIpc) is 2.93. The molecule has 0 aromatic heterocycles. The molecule has 0 fully saturated rings. The van der Waals surface area contributed by atoms with Gasteiger partial charge in [-0.1, -0.05) is 36.7 Å². The summed E-state index contributed by atoms with van der Waals surface area (Å²) in [4.78, 5) is 41.8. The molecule has 8 heteroatoms. The number of hydrogen-bond donors (Lipinski definition) is 0. The van der Waals surface area contributed by atoms with E-state index < -0.39 is 0 Å². The van der Waals surface area contributed by atoms with Crippen molar-refractivity contribution in [1.82, 2.24) is 0 Å². The first-order chi connectivity index (χ1) is 18.7. The number of carbonyl (C=O) groups is 3. The van der Waals surface area contributed by atoms with Crippen LogP contribution in [0.15, 0.2) is 72.8 Å². The Morgan fingerprint density at radius 3 is 2.33 bits per heavy atom. The summed E-state index contributed by atoms with van der Waals surface area (Å²) in [7, 11) is 1.37. The second-order valence-electron chi connectivity index (χ2n) is 9.79. The third-order valence-electron chi connectivity index (χ3n) is 7.06. The van der Waals surface area contributed by atoms with Crippen molar-refractivity contribution in [2.45, 2.75) is 45.7 Å². The van der Waals surface area contributed by atoms with Crippen LogP contribution in [0, 0.1) is 5.92 Å². The summed E-state index contributed by atoms with van der Waals surface area (Å²) in [6, 6.07) is 21.6. The van der Waals surface area contributed by atoms with Crippen molar-refractivity contribution in [3.05, 3.63) is 88.9 Å². The lowest BCUT2D eigenvalue weighted by atomic mass is 9.89. The molecule has 0 bridgehead atoms. The predicted octanol–water partition coefficient (Wildman–Crippen LogP) is 6.45. The number of fused-ring (bicyclic) bond motifs is 1. The van der Waals surface area contributed by atoms with Crippen molar-refractivity contribution >= 4 is 40.8 Å². The zero-order valence-electron chi connectivity index (χ0n) is 22.6. The minimum absolute atomic E-state index is 0.0827. The number of methoxy groups -OCH3 is 1. The quantitative estimate of drug-likeness (QED) is 0.302. The molecule has 1 aliphatic rings. The van der Waals surface area contributed by atoms with Gasteiger partial charge in [0.05, 0.1) is 25.7 Å². The normalized spacial score (nSPS) is 17.1. The molecule has 0 N–H and O–H groups in total. The van der Waals surface area contributed by atoms with E-state index in [0.717, 1.165) is 16.9 Å². The number of nitrogens with zero attached hydrogens (tertiary/aromatic N) is 2. The fraction of sp³-hybridized carbons (Fsp3) is 0.323. The maximum absolute atomic E-state index is 13.8. The highest BCUT2D eigenvalue weighted by Crippen LogP contribution is 2.43. The molecule has 2 unspecified atom stereocenters. The summed E-state index contributed by atoms with van der Waals surface area (Å²) in [5.41, 5.74) is 2.99. The molecule has 1 heterocycles. The molecule has 3 atom stereocenters. The minimum Gasteiger partial charge on any atom is -0.494 e. The fourth-order valence-electron chi connectivity index (χ4n) is 5.02. The molecule has 3 aromatic carbocycles. The Morgan fingerprint density at radius 2 is 1.69 bits per heavy atom. The number of anilines is 2. The number of halogens is 1. The zero-order chi connectivity index (χ0) is 28.1. The molecule has 204 valence electrons. The number of amides is 2. The van der Waals surface area contributed by atoms with Crippen LogP contribution < -0.4 is 14.5 Å². The van der Waals surface area contributed by atoms with Crippen molar-refractivity contribution in [2.24, 2.45) is 5.92 Å². The van der Waals surface area contributed by atoms with Gasteiger partial charge in [-0.3, -0.25) is 14.4 Å². The van der Waals surface area contributed by atoms with Crippen molar-refractivity contribution < 1.29 is 23.9 Å². The highest BCUT2D eigenvalue weighted by Gasteiger charge is 2.38. The Hall–Kier alpha value is -3.84. The molecule has 4 rings (SSSR count). The van der Waals surface area contributed by atoms with Gasteiger partial charge in [-0.15, -0.1) is 0 Å². The van der Waals surface area contributed by atoms with Crippen LogP contribution in [0.5, 0.6) is 5.75 Å². The lowest BCUT2D eigenvalue weighted by Crippen LogP contribution is -2.47. The number of esters is 1. The van der Waals surface area contributed by atoms with Gasteiger partial charge in [-0.2, -0.15) is 0 Å². The lowest BCUT2D eigenvalue weighted by Gasteiger charge is -2.43. The van der Waals surface area contributed by atoms with Gasteiger partial charge < -0.3 is 19.3 Å². The Morgan fingerprint density at radius 1 is 1.03 bits per heavy atom. The van der Waals surface area contributed by atoms with E-state index >= 15 is 0 Å². The van der Waals surface area contributed by atoms with Gasteiger partial charge >= 0.3 is 5.97 Å². The van der Waals surface area contributed by atoms with Gasteiger partial charge in [-0.05, 0) is 79.9 Å². The summed E-state index contributed by atoms with van der Waals surface area (Å²) in [6.45, 7) is 5.71. The van der Waals surface area contributed by atoms with Crippen LogP contribution in [-0.2, 0) is 14.3 Å². The second-order valence-corrected chi connectivity index (χ2v) is 10.2. The van der Waals surface area contributed by atoms with E-state index in [-0.39, 0.29) is 35.8 Å². The summed E-state index contributed by atoms with van der Waals surface area (Å²) >= 11 is 6.09. The number of benzene rings is 3. The van der Waals surface area contributed by atoms with E-state index in [1.54, 1.807) is 60.0 Å². The Kier molecular flexibility index (Phi) is 8.92. The van der Waals surface area contributed by atoms with Gasteiger partial charge in [0.15, 0.2) is 0 Å². The maximum atomic E-state index is 13.8. The van der Waals surface area contributed by atoms with Crippen LogP contribution in [0.4, 0.5) is 11.4 Å². The average molecular weight is 549 g/mol. The molecule has 0 spiro atoms. The van der Waals surface area contributed by atoms with Gasteiger partial charge in [-0.25, -0.2) is 0 Å². The van der Waals surface area contributed by atoms with Gasteiger partial charge in [0.2, 0.25) is 5.91 Å². The van der Waals surface area contributed by atoms with Gasteiger partial charge in [0.25, 0.3) is 5.91 Å². The van der Waals surface area contributed by atoms with E-state index in [1.165, 1.54) is 7.11 Å². The van der Waals surface area contributed by atoms with Crippen molar-refractivity contribution in [3.8, 4) is 5.75 Å². The summed E-state index contributed by atoms with van der Waals surface area (Å²) in [5, 5.41) is 0.601. The molecule has 1 aliphatic heterocycles. The van der Waals surface area contributed by atoms with E-state index in [4.69, 9.17) is 21.1 Å². The van der Waals surface area contributed by atoms with Crippen LogP contribution >= 0.6 is 11.6 Å². The summed E-state index contributed by atoms with van der Waals surface area (Å²) in [6.07, 6.45) is 1.11. The fourth-order valence-corrected chi connectivity index (χ4v) is 5.15. The van der Waals surface area contributed by atoms with Crippen molar-refractivity contribution in [2.75, 3.05) is 23.5 Å². The standard InChI is InChI=1S/C31H33ClN2O5/c1-20(31(37)38-4)17-18-39-26-15-9-23(10-16-26)30(36)33-21(2)19-29(27-7-5-6-8-28(27)33)34(22(3)35)25-13-11-24(32)12-14-25/h5-16,20-21,29H,17-19H2,1-4H3/t20-,21?,29?/m0/s1. The number of hydrogen-bond acceptors (Lipinski definition) is 5. The monoisotopic (exact) mass is 548 g/mol. The molecule has 0 aliphatic carbocycles. The van der Waals surface area contributed by atoms with Crippen LogP contribution in [0.3, 0.4) is 0 Å². The molecule has 0 saturated heterocycles. The molecule has 0 radical (unpaired) electrons. The van der Waals surface area contributed by atoms with E-state index in [1.807, 2.05) is 43.3 Å². The smallest absolute Gasteiger partial charge is 0.308 e. The molecule has 2 amide bonds. The molecule has 7 nitrogen and oxygen atoms in total. The topological polar surface area (TPSA) is 76.2 Å².